The molecule has 106 valence electrons. The molecule has 2 aromatic heterocycles. The standard InChI is InChI=1S/C12H15N5O3/c18-11(19)12(4-2-1-3-5-12)6-9-14-10(16-20-9)8-7-13-17-15-8/h7H,1-6H2,(H,18,19)(H,13,15,17). The van der Waals surface area contributed by atoms with Crippen LogP contribution in [-0.2, 0) is 11.2 Å². The van der Waals surface area contributed by atoms with Gasteiger partial charge in [-0.15, -0.1) is 0 Å². The van der Waals surface area contributed by atoms with Crippen LogP contribution >= 0.6 is 0 Å². The Morgan fingerprint density at radius 3 is 2.85 bits per heavy atom. The lowest BCUT2D eigenvalue weighted by Gasteiger charge is -2.31. The summed E-state index contributed by atoms with van der Waals surface area (Å²) in [7, 11) is 0. The molecule has 2 heterocycles. The van der Waals surface area contributed by atoms with Gasteiger partial charge >= 0.3 is 5.97 Å². The first-order valence-corrected chi connectivity index (χ1v) is 6.62. The zero-order valence-electron chi connectivity index (χ0n) is 10.9. The first kappa shape index (κ1) is 12.8. The van der Waals surface area contributed by atoms with Crippen molar-refractivity contribution in [3.8, 4) is 11.5 Å². The Bertz CT molecular complexity index is 586. The molecule has 0 aliphatic heterocycles. The molecule has 8 heteroatoms. The Hall–Kier alpha value is -2.25. The van der Waals surface area contributed by atoms with Gasteiger partial charge in [-0.3, -0.25) is 4.79 Å². The predicted molar refractivity (Wildman–Crippen MR) is 66.5 cm³/mol. The first-order valence-electron chi connectivity index (χ1n) is 6.62. The molecule has 1 saturated carbocycles. The zero-order chi connectivity index (χ0) is 14.0. The van der Waals surface area contributed by atoms with Crippen LogP contribution in [0.3, 0.4) is 0 Å². The third-order valence-electron chi connectivity index (χ3n) is 3.87. The lowest BCUT2D eigenvalue weighted by molar-refractivity contribution is -0.151. The van der Waals surface area contributed by atoms with Crippen molar-refractivity contribution in [2.75, 3.05) is 0 Å². The molecule has 1 aliphatic carbocycles. The van der Waals surface area contributed by atoms with Crippen molar-refractivity contribution in [2.24, 2.45) is 5.41 Å². The van der Waals surface area contributed by atoms with E-state index in [4.69, 9.17) is 4.52 Å². The molecule has 0 radical (unpaired) electrons. The summed E-state index contributed by atoms with van der Waals surface area (Å²) in [6.45, 7) is 0. The third-order valence-corrected chi connectivity index (χ3v) is 3.87. The number of hydrogen-bond acceptors (Lipinski definition) is 6. The summed E-state index contributed by atoms with van der Waals surface area (Å²) >= 11 is 0. The van der Waals surface area contributed by atoms with Crippen LogP contribution in [0, 0.1) is 5.41 Å². The second kappa shape index (κ2) is 5.03. The highest BCUT2D eigenvalue weighted by Gasteiger charge is 2.41. The topological polar surface area (TPSA) is 118 Å². The molecule has 0 saturated heterocycles. The Morgan fingerprint density at radius 2 is 2.20 bits per heavy atom. The summed E-state index contributed by atoms with van der Waals surface area (Å²) in [5.41, 5.74) is -0.292. The molecular weight excluding hydrogens is 262 g/mol. The van der Waals surface area contributed by atoms with E-state index in [0.717, 1.165) is 19.3 Å². The Labute approximate surface area is 114 Å². The van der Waals surface area contributed by atoms with Crippen molar-refractivity contribution < 1.29 is 14.4 Å². The van der Waals surface area contributed by atoms with Crippen molar-refractivity contribution in [2.45, 2.75) is 38.5 Å². The molecule has 0 bridgehead atoms. The molecule has 8 nitrogen and oxygen atoms in total. The van der Waals surface area contributed by atoms with Crippen molar-refractivity contribution in [1.29, 1.82) is 0 Å². The van der Waals surface area contributed by atoms with Gasteiger partial charge in [-0.05, 0) is 12.8 Å². The average molecular weight is 277 g/mol. The third kappa shape index (κ3) is 2.28. The molecular formula is C12H15N5O3. The van der Waals surface area contributed by atoms with Gasteiger partial charge in [-0.25, -0.2) is 0 Å². The number of hydrogen-bond donors (Lipinski definition) is 2. The van der Waals surface area contributed by atoms with Gasteiger partial charge in [0.1, 0.15) is 0 Å². The number of aromatic amines is 1. The maximum Gasteiger partial charge on any atom is 0.310 e. The van der Waals surface area contributed by atoms with Gasteiger partial charge in [0.2, 0.25) is 11.7 Å². The van der Waals surface area contributed by atoms with Crippen LogP contribution in [-0.4, -0.2) is 36.6 Å². The van der Waals surface area contributed by atoms with Crippen molar-refractivity contribution in [3.63, 3.8) is 0 Å². The van der Waals surface area contributed by atoms with Crippen LogP contribution < -0.4 is 0 Å². The molecule has 0 atom stereocenters. The fourth-order valence-electron chi connectivity index (χ4n) is 2.72. The number of nitrogens with one attached hydrogen (secondary N) is 1. The summed E-state index contributed by atoms with van der Waals surface area (Å²) in [6, 6.07) is 0. The van der Waals surface area contributed by atoms with Crippen molar-refractivity contribution >= 4 is 5.97 Å². The molecule has 2 N–H and O–H groups in total. The molecule has 0 spiro atoms. The van der Waals surface area contributed by atoms with Gasteiger partial charge in [0.25, 0.3) is 0 Å². The molecule has 20 heavy (non-hydrogen) atoms. The lowest BCUT2D eigenvalue weighted by Crippen LogP contribution is -2.35. The molecule has 0 unspecified atom stereocenters. The van der Waals surface area contributed by atoms with E-state index in [9.17, 15) is 9.90 Å². The fraction of sp³-hybridized carbons (Fsp3) is 0.583. The number of rotatable bonds is 4. The molecule has 1 aliphatic rings. The number of carboxylic acids is 1. The maximum absolute atomic E-state index is 11.6. The van der Waals surface area contributed by atoms with Crippen LogP contribution in [0.5, 0.6) is 0 Å². The summed E-state index contributed by atoms with van der Waals surface area (Å²) in [5, 5.41) is 23.3. The molecule has 3 rings (SSSR count). The lowest BCUT2D eigenvalue weighted by atomic mass is 9.72. The number of aliphatic carboxylic acids is 1. The Balaban J connectivity index is 1.81. The van der Waals surface area contributed by atoms with Crippen LogP contribution in [0.2, 0.25) is 0 Å². The van der Waals surface area contributed by atoms with Crippen LogP contribution in [0.4, 0.5) is 0 Å². The minimum absolute atomic E-state index is 0.271. The number of aromatic nitrogens is 5. The van der Waals surface area contributed by atoms with Gasteiger partial charge in [0, 0.05) is 6.42 Å². The van der Waals surface area contributed by atoms with E-state index in [1.165, 1.54) is 6.20 Å². The monoisotopic (exact) mass is 277 g/mol. The Kier molecular flexibility index (Phi) is 3.21. The zero-order valence-corrected chi connectivity index (χ0v) is 10.9. The van der Waals surface area contributed by atoms with Crippen LogP contribution in [0.15, 0.2) is 10.7 Å². The van der Waals surface area contributed by atoms with Gasteiger partial charge < -0.3 is 9.63 Å². The summed E-state index contributed by atoms with van der Waals surface area (Å²) < 4.78 is 5.16. The fourth-order valence-corrected chi connectivity index (χ4v) is 2.72. The van der Waals surface area contributed by atoms with E-state index in [0.29, 0.717) is 30.3 Å². The van der Waals surface area contributed by atoms with E-state index >= 15 is 0 Å². The van der Waals surface area contributed by atoms with Gasteiger partial charge in [-0.2, -0.15) is 20.4 Å². The Morgan fingerprint density at radius 1 is 1.40 bits per heavy atom. The minimum Gasteiger partial charge on any atom is -0.481 e. The minimum atomic E-state index is -0.779. The quantitative estimate of drug-likeness (QED) is 0.867. The SMILES string of the molecule is O=C(O)C1(Cc2nc(-c3cn[nH]n3)no2)CCCCC1. The highest BCUT2D eigenvalue weighted by atomic mass is 16.5. The van der Waals surface area contributed by atoms with Gasteiger partial charge in [0.05, 0.1) is 11.6 Å². The molecule has 1 fully saturated rings. The first-order chi connectivity index (χ1) is 9.70. The predicted octanol–water partition coefficient (Wildman–Crippen LogP) is 1.43. The number of carbonyl (C=O) groups is 1. The largest absolute Gasteiger partial charge is 0.481 e. The summed E-state index contributed by atoms with van der Waals surface area (Å²) in [4.78, 5) is 15.8. The smallest absolute Gasteiger partial charge is 0.310 e. The summed E-state index contributed by atoms with van der Waals surface area (Å²) in [5.74, 6) is -0.115. The number of H-pyrrole nitrogens is 1. The molecule has 2 aromatic rings. The van der Waals surface area contributed by atoms with Crippen LogP contribution in [0.25, 0.3) is 11.5 Å². The average Bonchev–Trinajstić information content (AvgIpc) is 3.10. The van der Waals surface area contributed by atoms with E-state index < -0.39 is 11.4 Å². The van der Waals surface area contributed by atoms with Gasteiger partial charge in [0.15, 0.2) is 5.69 Å². The highest BCUT2D eigenvalue weighted by Crippen LogP contribution is 2.39. The molecule has 0 amide bonds. The number of nitrogens with zero attached hydrogens (tertiary/aromatic N) is 4. The summed E-state index contributed by atoms with van der Waals surface area (Å²) in [6.07, 6.45) is 6.01. The van der Waals surface area contributed by atoms with Crippen LogP contribution in [0.1, 0.15) is 38.0 Å². The second-order valence-corrected chi connectivity index (χ2v) is 5.19. The van der Waals surface area contributed by atoms with E-state index in [1.807, 2.05) is 0 Å². The number of carboxylic acid groups (broad SMARTS) is 1. The van der Waals surface area contributed by atoms with Crippen molar-refractivity contribution in [1.82, 2.24) is 25.6 Å². The van der Waals surface area contributed by atoms with E-state index in [2.05, 4.69) is 25.6 Å². The van der Waals surface area contributed by atoms with E-state index in [1.54, 1.807) is 0 Å². The molecule has 0 aromatic carbocycles. The highest BCUT2D eigenvalue weighted by molar-refractivity contribution is 5.75. The second-order valence-electron chi connectivity index (χ2n) is 5.19. The normalized spacial score (nSPS) is 18.0. The van der Waals surface area contributed by atoms with Crippen molar-refractivity contribution in [3.05, 3.63) is 12.1 Å². The van der Waals surface area contributed by atoms with E-state index in [-0.39, 0.29) is 6.42 Å². The maximum atomic E-state index is 11.6. The van der Waals surface area contributed by atoms with Gasteiger partial charge in [-0.1, -0.05) is 24.4 Å².